The Morgan fingerprint density at radius 3 is 2.75 bits per heavy atom. The molecule has 7 heteroatoms. The number of para-hydroxylation sites is 1. The number of aliphatic carboxylic acids is 1. The zero-order valence-corrected chi connectivity index (χ0v) is 11.8. The molecule has 0 aliphatic carbocycles. The van der Waals surface area contributed by atoms with Crippen LogP contribution in [-0.4, -0.2) is 41.6 Å². The summed E-state index contributed by atoms with van der Waals surface area (Å²) in [5, 5.41) is 11.3. The Morgan fingerprint density at radius 1 is 1.45 bits per heavy atom. The molecule has 0 fully saturated rings. The van der Waals surface area contributed by atoms with Crippen LogP contribution in [0.2, 0.25) is 0 Å². The SMILES string of the molecule is CSCCC(NC(=O)COc1ccccc1F)C(=O)O. The second-order valence-electron chi connectivity index (χ2n) is 3.96. The van der Waals surface area contributed by atoms with Crippen molar-refractivity contribution in [2.75, 3.05) is 18.6 Å². The van der Waals surface area contributed by atoms with Gasteiger partial charge in [0.05, 0.1) is 0 Å². The van der Waals surface area contributed by atoms with Crippen molar-refractivity contribution in [1.29, 1.82) is 0 Å². The number of thioether (sulfide) groups is 1. The van der Waals surface area contributed by atoms with Crippen LogP contribution < -0.4 is 10.1 Å². The highest BCUT2D eigenvalue weighted by molar-refractivity contribution is 7.98. The van der Waals surface area contributed by atoms with E-state index in [4.69, 9.17) is 9.84 Å². The van der Waals surface area contributed by atoms with E-state index in [0.717, 1.165) is 0 Å². The summed E-state index contributed by atoms with van der Waals surface area (Å²) in [7, 11) is 0. The number of hydrogen-bond acceptors (Lipinski definition) is 4. The zero-order valence-electron chi connectivity index (χ0n) is 11.0. The average molecular weight is 301 g/mol. The normalized spacial score (nSPS) is 11.7. The van der Waals surface area contributed by atoms with Crippen molar-refractivity contribution in [3.05, 3.63) is 30.1 Å². The maximum Gasteiger partial charge on any atom is 0.326 e. The number of benzene rings is 1. The minimum absolute atomic E-state index is 0.0429. The van der Waals surface area contributed by atoms with Crippen molar-refractivity contribution in [2.24, 2.45) is 0 Å². The van der Waals surface area contributed by atoms with Crippen LogP contribution in [0.5, 0.6) is 5.75 Å². The molecule has 1 rings (SSSR count). The van der Waals surface area contributed by atoms with E-state index in [1.54, 1.807) is 6.07 Å². The summed E-state index contributed by atoms with van der Waals surface area (Å²) in [5.74, 6) is -1.69. The number of nitrogens with one attached hydrogen (secondary N) is 1. The fourth-order valence-electron chi connectivity index (χ4n) is 1.43. The van der Waals surface area contributed by atoms with Crippen LogP contribution in [0.3, 0.4) is 0 Å². The minimum atomic E-state index is -1.10. The van der Waals surface area contributed by atoms with Gasteiger partial charge in [-0.1, -0.05) is 12.1 Å². The molecule has 1 aromatic rings. The van der Waals surface area contributed by atoms with Gasteiger partial charge in [0.2, 0.25) is 0 Å². The van der Waals surface area contributed by atoms with E-state index >= 15 is 0 Å². The van der Waals surface area contributed by atoms with Gasteiger partial charge in [-0.3, -0.25) is 4.79 Å². The van der Waals surface area contributed by atoms with Crippen molar-refractivity contribution in [3.63, 3.8) is 0 Å². The quantitative estimate of drug-likeness (QED) is 0.761. The zero-order chi connectivity index (χ0) is 15.0. The lowest BCUT2D eigenvalue weighted by atomic mass is 10.2. The topological polar surface area (TPSA) is 75.6 Å². The number of carboxylic acids is 1. The Balaban J connectivity index is 2.46. The van der Waals surface area contributed by atoms with Crippen molar-refractivity contribution in [1.82, 2.24) is 5.32 Å². The Labute approximate surface area is 120 Å². The molecule has 0 spiro atoms. The number of carbonyl (C=O) groups excluding carboxylic acids is 1. The molecule has 1 amide bonds. The highest BCUT2D eigenvalue weighted by atomic mass is 32.2. The summed E-state index contributed by atoms with van der Waals surface area (Å²) in [6, 6.07) is 4.73. The van der Waals surface area contributed by atoms with Crippen LogP contribution in [0.25, 0.3) is 0 Å². The standard InChI is InChI=1S/C13H16FNO4S/c1-20-7-6-10(13(17)18)15-12(16)8-19-11-5-3-2-4-9(11)14/h2-5,10H,6-8H2,1H3,(H,15,16)(H,17,18). The van der Waals surface area contributed by atoms with Gasteiger partial charge in [0.1, 0.15) is 6.04 Å². The fraction of sp³-hybridized carbons (Fsp3) is 0.385. The molecule has 0 bridgehead atoms. The van der Waals surface area contributed by atoms with E-state index in [2.05, 4.69) is 5.32 Å². The molecule has 2 N–H and O–H groups in total. The van der Waals surface area contributed by atoms with E-state index in [-0.39, 0.29) is 5.75 Å². The first kappa shape index (κ1) is 16.3. The summed E-state index contributed by atoms with van der Waals surface area (Å²) in [6.45, 7) is -0.427. The van der Waals surface area contributed by atoms with E-state index in [1.807, 2.05) is 6.26 Å². The number of carbonyl (C=O) groups is 2. The minimum Gasteiger partial charge on any atom is -0.481 e. The highest BCUT2D eigenvalue weighted by Crippen LogP contribution is 2.14. The number of ether oxygens (including phenoxy) is 1. The molecule has 0 heterocycles. The van der Waals surface area contributed by atoms with Crippen LogP contribution in [0.4, 0.5) is 4.39 Å². The third kappa shape index (κ3) is 5.48. The van der Waals surface area contributed by atoms with E-state index < -0.39 is 30.3 Å². The Kier molecular flexibility index (Phi) is 6.86. The van der Waals surface area contributed by atoms with Gasteiger partial charge in [0.15, 0.2) is 18.2 Å². The molecule has 0 saturated heterocycles. The van der Waals surface area contributed by atoms with E-state index in [1.165, 1.54) is 30.0 Å². The number of halogens is 1. The summed E-state index contributed by atoms with van der Waals surface area (Å²) < 4.78 is 18.2. The van der Waals surface area contributed by atoms with Crippen LogP contribution in [0, 0.1) is 5.82 Å². The molecule has 0 saturated carbocycles. The molecule has 0 aliphatic heterocycles. The van der Waals surface area contributed by atoms with Crippen molar-refractivity contribution < 1.29 is 23.8 Å². The Morgan fingerprint density at radius 2 is 2.15 bits per heavy atom. The number of hydrogen-bond donors (Lipinski definition) is 2. The fourth-order valence-corrected chi connectivity index (χ4v) is 1.91. The molecular formula is C13H16FNO4S. The lowest BCUT2D eigenvalue weighted by molar-refractivity contribution is -0.142. The predicted molar refractivity (Wildman–Crippen MR) is 74.5 cm³/mol. The van der Waals surface area contributed by atoms with E-state index in [9.17, 15) is 14.0 Å². The van der Waals surface area contributed by atoms with Crippen molar-refractivity contribution >= 4 is 23.6 Å². The monoisotopic (exact) mass is 301 g/mol. The molecule has 0 aromatic heterocycles. The third-order valence-electron chi connectivity index (χ3n) is 2.44. The Bertz CT molecular complexity index is 469. The first-order valence-electron chi connectivity index (χ1n) is 5.93. The predicted octanol–water partition coefficient (Wildman–Crippen LogP) is 1.53. The maximum atomic E-state index is 13.2. The molecule has 1 atom stereocenters. The summed E-state index contributed by atoms with van der Waals surface area (Å²) in [6.07, 6.45) is 2.17. The van der Waals surface area contributed by atoms with Gasteiger partial charge < -0.3 is 15.2 Å². The largest absolute Gasteiger partial charge is 0.481 e. The van der Waals surface area contributed by atoms with Crippen LogP contribution in [0.15, 0.2) is 24.3 Å². The average Bonchev–Trinajstić information content (AvgIpc) is 2.42. The molecule has 0 aliphatic rings. The van der Waals surface area contributed by atoms with Gasteiger partial charge in [-0.05, 0) is 30.6 Å². The number of rotatable bonds is 8. The van der Waals surface area contributed by atoms with Gasteiger partial charge in [0, 0.05) is 0 Å². The summed E-state index contributed by atoms with van der Waals surface area (Å²) in [4.78, 5) is 22.5. The molecule has 5 nitrogen and oxygen atoms in total. The molecule has 1 unspecified atom stereocenters. The van der Waals surface area contributed by atoms with Crippen LogP contribution >= 0.6 is 11.8 Å². The van der Waals surface area contributed by atoms with Crippen molar-refractivity contribution in [3.8, 4) is 5.75 Å². The van der Waals surface area contributed by atoms with Gasteiger partial charge in [0.25, 0.3) is 5.91 Å². The smallest absolute Gasteiger partial charge is 0.326 e. The summed E-state index contributed by atoms with van der Waals surface area (Å²) >= 11 is 1.49. The van der Waals surface area contributed by atoms with Gasteiger partial charge >= 0.3 is 5.97 Å². The number of carboxylic acid groups (broad SMARTS) is 1. The molecule has 0 radical (unpaired) electrons. The van der Waals surface area contributed by atoms with Crippen LogP contribution in [0.1, 0.15) is 6.42 Å². The van der Waals surface area contributed by atoms with E-state index in [0.29, 0.717) is 12.2 Å². The van der Waals surface area contributed by atoms with Crippen LogP contribution in [-0.2, 0) is 9.59 Å². The lowest BCUT2D eigenvalue weighted by Gasteiger charge is -2.14. The number of amides is 1. The second kappa shape index (κ2) is 8.42. The second-order valence-corrected chi connectivity index (χ2v) is 4.94. The highest BCUT2D eigenvalue weighted by Gasteiger charge is 2.19. The first-order chi connectivity index (χ1) is 9.54. The lowest BCUT2D eigenvalue weighted by Crippen LogP contribution is -2.43. The molecule has 20 heavy (non-hydrogen) atoms. The molecule has 110 valence electrons. The van der Waals surface area contributed by atoms with Gasteiger partial charge in [-0.2, -0.15) is 11.8 Å². The van der Waals surface area contributed by atoms with Gasteiger partial charge in [-0.15, -0.1) is 0 Å². The molecular weight excluding hydrogens is 285 g/mol. The first-order valence-corrected chi connectivity index (χ1v) is 7.32. The molecule has 1 aromatic carbocycles. The Hall–Kier alpha value is -1.76. The third-order valence-corrected chi connectivity index (χ3v) is 3.08. The van der Waals surface area contributed by atoms with Gasteiger partial charge in [-0.25, -0.2) is 9.18 Å². The maximum absolute atomic E-state index is 13.2. The van der Waals surface area contributed by atoms with Crippen molar-refractivity contribution in [2.45, 2.75) is 12.5 Å². The summed E-state index contributed by atoms with van der Waals surface area (Å²) in [5.41, 5.74) is 0.